The Kier molecular flexibility index (Phi) is 9.42. The fraction of sp³-hybridized carbons (Fsp3) is 0.556. The molecule has 130 valence electrons. The number of nitrogens with two attached hydrogens (primary N) is 1. The van der Waals surface area contributed by atoms with Crippen LogP contribution in [0.3, 0.4) is 0 Å². The molecule has 0 spiro atoms. The van der Waals surface area contributed by atoms with Crippen LogP contribution in [-0.2, 0) is 17.4 Å². The summed E-state index contributed by atoms with van der Waals surface area (Å²) in [4.78, 5) is 17.6. The van der Waals surface area contributed by atoms with Gasteiger partial charge in [-0.15, -0.1) is 0 Å². The minimum absolute atomic E-state index is 0.382. The third kappa shape index (κ3) is 10.5. The third-order valence-corrected chi connectivity index (χ3v) is 4.40. The van der Waals surface area contributed by atoms with Crippen LogP contribution in [0.5, 0.6) is 0 Å². The number of aryl methyl sites for hydroxylation is 1. The molecule has 1 unspecified atom stereocenters. The largest absolute Gasteiger partial charge is 0.348 e. The summed E-state index contributed by atoms with van der Waals surface area (Å²) in [7, 11) is -4.12. The summed E-state index contributed by atoms with van der Waals surface area (Å²) in [5.41, 5.74) is 8.28. The summed E-state index contributed by atoms with van der Waals surface area (Å²) >= 11 is 0. The fourth-order valence-electron chi connectivity index (χ4n) is 2.51. The van der Waals surface area contributed by atoms with E-state index in [1.165, 1.54) is 50.2 Å². The van der Waals surface area contributed by atoms with Gasteiger partial charge >= 0.3 is 7.60 Å². The van der Waals surface area contributed by atoms with Gasteiger partial charge in [-0.1, -0.05) is 69.4 Å². The molecule has 0 saturated carbocycles. The van der Waals surface area contributed by atoms with Gasteiger partial charge in [-0.05, 0) is 30.4 Å². The van der Waals surface area contributed by atoms with Crippen molar-refractivity contribution >= 4 is 7.60 Å². The molecule has 0 heterocycles. The lowest BCUT2D eigenvalue weighted by Gasteiger charge is -2.08. The van der Waals surface area contributed by atoms with Crippen LogP contribution >= 0.6 is 7.60 Å². The van der Waals surface area contributed by atoms with Gasteiger partial charge in [-0.2, -0.15) is 0 Å². The molecule has 1 atom stereocenters. The van der Waals surface area contributed by atoms with Crippen LogP contribution in [0, 0.1) is 0 Å². The lowest BCUT2D eigenvalue weighted by Crippen LogP contribution is -2.19. The second-order valence-corrected chi connectivity index (χ2v) is 7.61. The van der Waals surface area contributed by atoms with E-state index in [1.54, 1.807) is 0 Å². The van der Waals surface area contributed by atoms with Gasteiger partial charge < -0.3 is 15.5 Å². The van der Waals surface area contributed by atoms with Crippen molar-refractivity contribution < 1.29 is 14.4 Å². The lowest BCUT2D eigenvalue weighted by molar-refractivity contribution is 0.386. The highest BCUT2D eigenvalue weighted by molar-refractivity contribution is 7.55. The average Bonchev–Trinajstić information content (AvgIpc) is 2.50. The van der Waals surface area contributed by atoms with Crippen molar-refractivity contribution in [3.8, 4) is 0 Å². The minimum Gasteiger partial charge on any atom is -0.324 e. The lowest BCUT2D eigenvalue weighted by atomic mass is 10.0. The van der Waals surface area contributed by atoms with Gasteiger partial charge in [0.2, 0.25) is 0 Å². The first-order valence-electron chi connectivity index (χ1n) is 8.48. The van der Waals surface area contributed by atoms with E-state index in [1.807, 2.05) is 0 Å². The topological polar surface area (TPSA) is 83.6 Å². The molecule has 4 nitrogen and oxygen atoms in total. The molecule has 4 N–H and O–H groups in total. The molecule has 0 fully saturated rings. The van der Waals surface area contributed by atoms with Crippen LogP contribution in [0.25, 0.3) is 0 Å². The summed E-state index contributed by atoms with van der Waals surface area (Å²) in [6.07, 6.45) is 10.9. The van der Waals surface area contributed by atoms with Crippen molar-refractivity contribution in [1.29, 1.82) is 0 Å². The zero-order chi connectivity index (χ0) is 17.1. The van der Waals surface area contributed by atoms with E-state index >= 15 is 0 Å². The predicted molar refractivity (Wildman–Crippen MR) is 96.4 cm³/mol. The Bertz CT molecular complexity index is 508. The summed E-state index contributed by atoms with van der Waals surface area (Å²) in [5.74, 6) is 0.880. The molecule has 5 heteroatoms. The molecular formula is C18H30NO3P. The molecule has 1 aromatic carbocycles. The molecule has 0 bridgehead atoms. The summed E-state index contributed by atoms with van der Waals surface area (Å²) in [6, 6.07) is 7.98. The Balaban J connectivity index is 2.33. The van der Waals surface area contributed by atoms with Crippen molar-refractivity contribution in [3.63, 3.8) is 0 Å². The minimum atomic E-state index is -4.12. The number of hydrogen-bond donors (Lipinski definition) is 3. The van der Waals surface area contributed by atoms with Crippen molar-refractivity contribution in [2.24, 2.45) is 5.73 Å². The standard InChI is InChI=1S/C18H30NO3P/c1-2-3-4-5-6-7-8-16-9-11-17(12-10-16)15-18(19)13-14-23(20,21)22/h9-14,18H,2-8,15,19H2,1H3,(H2,20,21,22)/b14-13+. The van der Waals surface area contributed by atoms with Gasteiger partial charge in [0.15, 0.2) is 0 Å². The molecule has 1 rings (SSSR count). The van der Waals surface area contributed by atoms with E-state index in [9.17, 15) is 4.57 Å². The maximum atomic E-state index is 10.8. The third-order valence-electron chi connectivity index (χ3n) is 3.84. The van der Waals surface area contributed by atoms with E-state index in [4.69, 9.17) is 15.5 Å². The average molecular weight is 339 g/mol. The van der Waals surface area contributed by atoms with Crippen LogP contribution in [-0.4, -0.2) is 15.8 Å². The van der Waals surface area contributed by atoms with Crippen LogP contribution in [0.2, 0.25) is 0 Å². The summed E-state index contributed by atoms with van der Waals surface area (Å²) in [5, 5.41) is 0. The highest BCUT2D eigenvalue weighted by Crippen LogP contribution is 2.36. The predicted octanol–water partition coefficient (Wildman–Crippen LogP) is 4.15. The van der Waals surface area contributed by atoms with E-state index in [0.29, 0.717) is 6.42 Å². The molecule has 0 amide bonds. The first kappa shape index (κ1) is 20.1. The maximum Gasteiger partial charge on any atom is 0.348 e. The number of benzene rings is 1. The van der Waals surface area contributed by atoms with Crippen LogP contribution in [0.15, 0.2) is 36.2 Å². The van der Waals surface area contributed by atoms with E-state index in [-0.39, 0.29) is 6.04 Å². The Morgan fingerprint density at radius 3 is 2.22 bits per heavy atom. The van der Waals surface area contributed by atoms with Crippen LogP contribution in [0.1, 0.15) is 56.6 Å². The second kappa shape index (κ2) is 10.8. The zero-order valence-electron chi connectivity index (χ0n) is 14.0. The van der Waals surface area contributed by atoms with Crippen LogP contribution < -0.4 is 5.73 Å². The molecule has 0 aliphatic rings. The van der Waals surface area contributed by atoms with E-state index in [2.05, 4.69) is 31.2 Å². The molecule has 0 saturated heterocycles. The Morgan fingerprint density at radius 2 is 1.61 bits per heavy atom. The highest BCUT2D eigenvalue weighted by Gasteiger charge is 2.08. The van der Waals surface area contributed by atoms with Crippen molar-refractivity contribution in [1.82, 2.24) is 0 Å². The molecule has 23 heavy (non-hydrogen) atoms. The SMILES string of the molecule is CCCCCCCCc1ccc(CC(N)/C=C/P(=O)(O)O)cc1. The molecule has 0 radical (unpaired) electrons. The second-order valence-electron chi connectivity index (χ2n) is 6.13. The van der Waals surface area contributed by atoms with E-state index in [0.717, 1.165) is 17.8 Å². The van der Waals surface area contributed by atoms with Gasteiger partial charge in [0.25, 0.3) is 0 Å². The van der Waals surface area contributed by atoms with Crippen LogP contribution in [0.4, 0.5) is 0 Å². The van der Waals surface area contributed by atoms with Gasteiger partial charge in [0, 0.05) is 11.9 Å². The smallest absolute Gasteiger partial charge is 0.324 e. The number of rotatable bonds is 11. The summed E-state index contributed by atoms with van der Waals surface area (Å²) < 4.78 is 10.8. The zero-order valence-corrected chi connectivity index (χ0v) is 14.9. The number of unbranched alkanes of at least 4 members (excludes halogenated alkanes) is 5. The maximum absolute atomic E-state index is 10.8. The van der Waals surface area contributed by atoms with Gasteiger partial charge in [-0.25, -0.2) is 0 Å². The van der Waals surface area contributed by atoms with Crippen molar-refractivity contribution in [3.05, 3.63) is 47.3 Å². The molecule has 0 aromatic heterocycles. The number of hydrogen-bond acceptors (Lipinski definition) is 2. The normalized spacial score (nSPS) is 13.6. The monoisotopic (exact) mass is 339 g/mol. The van der Waals surface area contributed by atoms with Gasteiger partial charge in [0.05, 0.1) is 0 Å². The Morgan fingerprint density at radius 1 is 1.04 bits per heavy atom. The molecular weight excluding hydrogens is 309 g/mol. The van der Waals surface area contributed by atoms with Crippen molar-refractivity contribution in [2.75, 3.05) is 0 Å². The van der Waals surface area contributed by atoms with Gasteiger partial charge in [0.1, 0.15) is 0 Å². The van der Waals surface area contributed by atoms with E-state index < -0.39 is 7.60 Å². The first-order chi connectivity index (χ1) is 10.9. The highest BCUT2D eigenvalue weighted by atomic mass is 31.2. The molecule has 0 aliphatic carbocycles. The molecule has 1 aromatic rings. The Labute approximate surface area is 140 Å². The first-order valence-corrected chi connectivity index (χ1v) is 10.2. The van der Waals surface area contributed by atoms with Crippen molar-refractivity contribution in [2.45, 2.75) is 64.3 Å². The molecule has 0 aliphatic heterocycles. The Hall–Kier alpha value is -0.930. The quantitative estimate of drug-likeness (QED) is 0.418. The summed E-state index contributed by atoms with van der Waals surface area (Å²) in [6.45, 7) is 2.23. The fourth-order valence-corrected chi connectivity index (χ4v) is 2.96. The van der Waals surface area contributed by atoms with Gasteiger partial charge in [-0.3, -0.25) is 4.57 Å².